The average Bonchev–Trinajstić information content (AvgIpc) is 3.42. The number of aromatic nitrogens is 1. The average molecular weight is 568 g/mol. The number of halogens is 3. The number of terminal acetylenes is 1. The van der Waals surface area contributed by atoms with Gasteiger partial charge in [-0.3, -0.25) is 19.4 Å². The number of nitrogens with two attached hydrogens (primary N) is 1. The van der Waals surface area contributed by atoms with Gasteiger partial charge in [0, 0.05) is 54.5 Å². The van der Waals surface area contributed by atoms with E-state index in [2.05, 4.69) is 42.7 Å². The van der Waals surface area contributed by atoms with E-state index in [0.717, 1.165) is 28.7 Å². The Morgan fingerprint density at radius 2 is 2.05 bits per heavy atom. The van der Waals surface area contributed by atoms with Crippen molar-refractivity contribution in [3.8, 4) is 18.4 Å². The monoisotopic (exact) mass is 567 g/mol. The molecule has 39 heavy (non-hydrogen) atoms. The summed E-state index contributed by atoms with van der Waals surface area (Å²) in [6, 6.07) is 1.28. The molecule has 0 aliphatic carbocycles. The van der Waals surface area contributed by atoms with E-state index in [4.69, 9.17) is 21.2 Å². The number of amides is 3. The van der Waals surface area contributed by atoms with Gasteiger partial charge in [-0.05, 0) is 18.3 Å². The highest BCUT2D eigenvalue weighted by molar-refractivity contribution is 7.17. The van der Waals surface area contributed by atoms with Crippen LogP contribution >= 0.6 is 11.3 Å². The normalized spacial score (nSPS) is 17.3. The smallest absolute Gasteiger partial charge is 0.381 e. The molecule has 3 heterocycles. The van der Waals surface area contributed by atoms with Gasteiger partial charge in [0.25, 0.3) is 0 Å². The van der Waals surface area contributed by atoms with Gasteiger partial charge in [-0.2, -0.15) is 18.4 Å². The SMILES string of the molecule is C#Cc1csc2cncc(C(C#N)NC=O)c12.CO[C@H](C)CC(=O)N1CC(C)C(C)(C)C1.NC(=O)C(F)(F)F. The zero-order chi connectivity index (χ0) is 30.0. The predicted molar refractivity (Wildman–Crippen MR) is 141 cm³/mol. The van der Waals surface area contributed by atoms with E-state index in [-0.39, 0.29) is 17.4 Å². The van der Waals surface area contributed by atoms with Crippen molar-refractivity contribution >= 4 is 39.6 Å². The number of methoxy groups -OCH3 is 1. The molecule has 2 aromatic heterocycles. The number of carbonyl (C=O) groups excluding carboxylic acids is 3. The molecule has 13 heteroatoms. The number of ether oxygens (including phenoxy) is 1. The van der Waals surface area contributed by atoms with Crippen molar-refractivity contribution < 1.29 is 32.3 Å². The minimum Gasteiger partial charge on any atom is -0.381 e. The summed E-state index contributed by atoms with van der Waals surface area (Å²) in [5.74, 6) is 1.12. The molecule has 1 saturated heterocycles. The van der Waals surface area contributed by atoms with Crippen LogP contribution in [0, 0.1) is 35.0 Å². The van der Waals surface area contributed by atoms with Crippen LogP contribution in [0.5, 0.6) is 0 Å². The zero-order valence-corrected chi connectivity index (χ0v) is 23.2. The van der Waals surface area contributed by atoms with Gasteiger partial charge in [-0.15, -0.1) is 17.8 Å². The van der Waals surface area contributed by atoms with Crippen molar-refractivity contribution in [1.82, 2.24) is 15.2 Å². The molecule has 9 nitrogen and oxygen atoms in total. The summed E-state index contributed by atoms with van der Waals surface area (Å²) in [6.45, 7) is 10.4. The molecule has 2 aromatic rings. The Morgan fingerprint density at radius 3 is 2.49 bits per heavy atom. The number of carbonyl (C=O) groups is 3. The Labute approximate surface area is 229 Å². The summed E-state index contributed by atoms with van der Waals surface area (Å²) < 4.78 is 38.1. The van der Waals surface area contributed by atoms with Gasteiger partial charge in [-0.1, -0.05) is 26.7 Å². The summed E-state index contributed by atoms with van der Waals surface area (Å²) >= 11 is 1.47. The molecular weight excluding hydrogens is 535 g/mol. The van der Waals surface area contributed by atoms with E-state index in [9.17, 15) is 22.8 Å². The fourth-order valence-corrected chi connectivity index (χ4v) is 4.44. The molecule has 1 fully saturated rings. The molecule has 3 rings (SSSR count). The lowest BCUT2D eigenvalue weighted by Gasteiger charge is -2.22. The molecule has 0 aromatic carbocycles. The van der Waals surface area contributed by atoms with Crippen molar-refractivity contribution in [1.29, 1.82) is 5.26 Å². The van der Waals surface area contributed by atoms with Crippen molar-refractivity contribution in [2.45, 2.75) is 52.4 Å². The summed E-state index contributed by atoms with van der Waals surface area (Å²) in [7, 11) is 1.65. The summed E-state index contributed by atoms with van der Waals surface area (Å²) in [5.41, 5.74) is 5.41. The highest BCUT2D eigenvalue weighted by Crippen LogP contribution is 2.35. The second kappa shape index (κ2) is 14.5. The lowest BCUT2D eigenvalue weighted by molar-refractivity contribution is -0.169. The Bertz CT molecular complexity index is 1230. The third-order valence-corrected chi connectivity index (χ3v) is 7.18. The summed E-state index contributed by atoms with van der Waals surface area (Å²) in [5, 5.41) is 14.1. The molecule has 0 bridgehead atoms. The van der Waals surface area contributed by atoms with Gasteiger partial charge in [0.2, 0.25) is 12.3 Å². The van der Waals surface area contributed by atoms with Gasteiger partial charge < -0.3 is 20.7 Å². The molecule has 2 unspecified atom stereocenters. The third kappa shape index (κ3) is 9.53. The first kappa shape index (κ1) is 33.3. The Hall–Kier alpha value is -3.68. The molecule has 212 valence electrons. The van der Waals surface area contributed by atoms with E-state index in [1.54, 1.807) is 19.5 Å². The number of nitriles is 1. The third-order valence-electron chi connectivity index (χ3n) is 6.27. The quantitative estimate of drug-likeness (QED) is 0.405. The minimum atomic E-state index is -4.86. The Balaban J connectivity index is 0.000000318. The number of hydrogen-bond donors (Lipinski definition) is 2. The summed E-state index contributed by atoms with van der Waals surface area (Å²) in [4.78, 5) is 37.5. The van der Waals surface area contributed by atoms with E-state index in [0.29, 0.717) is 24.3 Å². The van der Waals surface area contributed by atoms with Crippen molar-refractivity contribution in [3.63, 3.8) is 0 Å². The largest absolute Gasteiger partial charge is 0.470 e. The fraction of sp³-hybridized carbons (Fsp3) is 0.500. The molecular formula is C26H32F3N5O4S. The lowest BCUT2D eigenvalue weighted by atomic mass is 9.84. The second-order valence-corrected chi connectivity index (χ2v) is 10.4. The zero-order valence-electron chi connectivity index (χ0n) is 22.3. The van der Waals surface area contributed by atoms with Gasteiger partial charge in [0.05, 0.1) is 23.3 Å². The van der Waals surface area contributed by atoms with Gasteiger partial charge in [0.1, 0.15) is 6.04 Å². The van der Waals surface area contributed by atoms with Crippen LogP contribution < -0.4 is 11.1 Å². The van der Waals surface area contributed by atoms with Crippen LogP contribution in [-0.4, -0.2) is 60.6 Å². The van der Waals surface area contributed by atoms with Gasteiger partial charge in [0.15, 0.2) is 0 Å². The van der Waals surface area contributed by atoms with Crippen LogP contribution in [0.2, 0.25) is 0 Å². The summed E-state index contributed by atoms with van der Waals surface area (Å²) in [6.07, 6.45) is 4.82. The number of nitrogens with zero attached hydrogens (tertiary/aromatic N) is 3. The number of primary amides is 1. The van der Waals surface area contributed by atoms with Gasteiger partial charge >= 0.3 is 12.1 Å². The van der Waals surface area contributed by atoms with Crippen LogP contribution in [-0.2, 0) is 19.1 Å². The maximum atomic E-state index is 11.9. The maximum Gasteiger partial charge on any atom is 0.470 e. The number of thiophene rings is 1. The number of fused-ring (bicyclic) bond motifs is 1. The van der Waals surface area contributed by atoms with Crippen LogP contribution in [0.25, 0.3) is 10.1 Å². The first-order chi connectivity index (χ1) is 18.1. The van der Waals surface area contributed by atoms with Crippen LogP contribution in [0.3, 0.4) is 0 Å². The van der Waals surface area contributed by atoms with E-state index < -0.39 is 18.1 Å². The highest BCUT2D eigenvalue weighted by atomic mass is 32.1. The van der Waals surface area contributed by atoms with Crippen LogP contribution in [0.1, 0.15) is 51.3 Å². The fourth-order valence-electron chi connectivity index (χ4n) is 3.54. The number of rotatable bonds is 6. The number of nitrogens with one attached hydrogen (secondary N) is 1. The molecule has 0 spiro atoms. The first-order valence-electron chi connectivity index (χ1n) is 11.7. The number of likely N-dealkylation sites (tertiary alicyclic amines) is 1. The van der Waals surface area contributed by atoms with Crippen molar-refractivity contribution in [3.05, 3.63) is 28.9 Å². The van der Waals surface area contributed by atoms with E-state index in [1.807, 2.05) is 23.3 Å². The highest BCUT2D eigenvalue weighted by Gasteiger charge is 2.38. The standard InChI is InChI=1S/C12H7N3OS.C12H23NO2.C2H2F3NO/c1-2-8-6-17-11-5-14-4-9(12(8)11)10(3-13)15-7-16;1-9-7-13(8-12(9,3)4)11(14)6-10(2)15-5;3-2(4,5)1(6)7/h1,4-7,10H,(H,15,16);9-10H,6-8H2,1-5H3;(H2,6,7)/t;9?,10-;/m.1./s1. The molecule has 3 N–H and O–H groups in total. The van der Waals surface area contributed by atoms with Crippen LogP contribution in [0.15, 0.2) is 17.8 Å². The van der Waals surface area contributed by atoms with Crippen LogP contribution in [0.4, 0.5) is 13.2 Å². The van der Waals surface area contributed by atoms with Gasteiger partial charge in [-0.25, -0.2) is 0 Å². The molecule has 3 amide bonds. The first-order valence-corrected chi connectivity index (χ1v) is 12.6. The molecule has 1 aliphatic heterocycles. The molecule has 1 aliphatic rings. The molecule has 3 atom stereocenters. The molecule has 0 radical (unpaired) electrons. The minimum absolute atomic E-state index is 0.0246. The van der Waals surface area contributed by atoms with E-state index in [1.165, 1.54) is 11.3 Å². The maximum absolute atomic E-state index is 11.9. The van der Waals surface area contributed by atoms with Crippen molar-refractivity contribution in [2.24, 2.45) is 17.1 Å². The Morgan fingerprint density at radius 1 is 1.44 bits per heavy atom. The lowest BCUT2D eigenvalue weighted by Crippen LogP contribution is -2.32. The van der Waals surface area contributed by atoms with Crippen molar-refractivity contribution in [2.75, 3.05) is 20.2 Å². The second-order valence-electron chi connectivity index (χ2n) is 9.52. The van der Waals surface area contributed by atoms with E-state index >= 15 is 0 Å². The predicted octanol–water partition coefficient (Wildman–Crippen LogP) is 3.54. The topological polar surface area (TPSA) is 138 Å². The Kier molecular flexibility index (Phi) is 12.4. The number of pyridine rings is 1. The number of hydrogen-bond acceptors (Lipinski definition) is 7. The molecule has 0 saturated carbocycles. The number of alkyl halides is 3.